The molecular weight excluding hydrogens is 200 g/mol. The van der Waals surface area contributed by atoms with Gasteiger partial charge in [0.15, 0.2) is 5.41 Å². The minimum atomic E-state index is -1.83. The number of allylic oxidation sites excluding steroid dienone is 1. The van der Waals surface area contributed by atoms with Gasteiger partial charge >= 0.3 is 11.9 Å². The van der Waals surface area contributed by atoms with Crippen molar-refractivity contribution in [2.75, 3.05) is 6.61 Å². The zero-order valence-corrected chi connectivity index (χ0v) is 8.95. The van der Waals surface area contributed by atoms with Gasteiger partial charge in [-0.3, -0.25) is 9.59 Å². The van der Waals surface area contributed by atoms with Gasteiger partial charge < -0.3 is 14.9 Å². The van der Waals surface area contributed by atoms with Crippen molar-refractivity contribution < 1.29 is 24.5 Å². The highest BCUT2D eigenvalue weighted by atomic mass is 16.5. The average Bonchev–Trinajstić information content (AvgIpc) is 2.13. The Kier molecular flexibility index (Phi) is 4.84. The molecule has 0 aliphatic rings. The summed E-state index contributed by atoms with van der Waals surface area (Å²) in [6.45, 7) is 7.08. The smallest absolute Gasteiger partial charge is 0.321 e. The third-order valence-electron chi connectivity index (χ3n) is 2.27. The van der Waals surface area contributed by atoms with Gasteiger partial charge in [0.1, 0.15) is 0 Å². The van der Waals surface area contributed by atoms with Crippen molar-refractivity contribution in [2.45, 2.75) is 26.7 Å². The lowest BCUT2D eigenvalue weighted by atomic mass is 9.81. The fraction of sp³-hybridized carbons (Fsp3) is 0.600. The Hall–Kier alpha value is -1.52. The van der Waals surface area contributed by atoms with Crippen molar-refractivity contribution in [1.82, 2.24) is 0 Å². The van der Waals surface area contributed by atoms with Gasteiger partial charge in [0.2, 0.25) is 0 Å². The van der Waals surface area contributed by atoms with Crippen LogP contribution >= 0.6 is 0 Å². The maximum Gasteiger partial charge on any atom is 0.321 e. The topological polar surface area (TPSA) is 83.8 Å². The maximum atomic E-state index is 11.0. The highest BCUT2D eigenvalue weighted by Crippen LogP contribution is 2.31. The summed E-state index contributed by atoms with van der Waals surface area (Å²) in [6.07, 6.45) is -0.217. The standard InChI is InChI=1S/C10H16O5/c1-4-10(8(11)12,9(13)14)6-7(3)15-5-2/h3-6H2,1-2H3,(H,11,12)(H,13,14). The van der Waals surface area contributed by atoms with E-state index in [1.807, 2.05) is 0 Å². The summed E-state index contributed by atoms with van der Waals surface area (Å²) in [6, 6.07) is 0. The molecule has 0 saturated carbocycles. The molecular formula is C10H16O5. The van der Waals surface area contributed by atoms with E-state index < -0.39 is 17.4 Å². The second kappa shape index (κ2) is 5.38. The predicted octanol–water partition coefficient (Wildman–Crippen LogP) is 1.49. The Labute approximate surface area is 88.4 Å². The molecule has 0 bridgehead atoms. The van der Waals surface area contributed by atoms with E-state index in [4.69, 9.17) is 14.9 Å². The molecule has 0 amide bonds. The lowest BCUT2D eigenvalue weighted by Gasteiger charge is -2.23. The van der Waals surface area contributed by atoms with Gasteiger partial charge in [-0.05, 0) is 13.3 Å². The van der Waals surface area contributed by atoms with Crippen LogP contribution in [0.4, 0.5) is 0 Å². The molecule has 0 fully saturated rings. The minimum absolute atomic E-state index is 0.0102. The Morgan fingerprint density at radius 3 is 2.00 bits per heavy atom. The van der Waals surface area contributed by atoms with Crippen LogP contribution in [0.15, 0.2) is 12.3 Å². The van der Waals surface area contributed by atoms with Gasteiger partial charge in [-0.1, -0.05) is 13.5 Å². The summed E-state index contributed by atoms with van der Waals surface area (Å²) < 4.78 is 4.98. The highest BCUT2D eigenvalue weighted by molar-refractivity contribution is 5.98. The van der Waals surface area contributed by atoms with E-state index in [1.165, 1.54) is 6.92 Å². The Morgan fingerprint density at radius 2 is 1.73 bits per heavy atom. The molecule has 0 aromatic carbocycles. The van der Waals surface area contributed by atoms with E-state index in [-0.39, 0.29) is 18.6 Å². The van der Waals surface area contributed by atoms with Gasteiger partial charge in [-0.15, -0.1) is 0 Å². The molecule has 0 aromatic heterocycles. The first-order valence-corrected chi connectivity index (χ1v) is 4.68. The number of hydrogen-bond acceptors (Lipinski definition) is 3. The number of rotatable bonds is 7. The van der Waals surface area contributed by atoms with Crippen LogP contribution in [0.5, 0.6) is 0 Å². The van der Waals surface area contributed by atoms with E-state index in [2.05, 4.69) is 6.58 Å². The second-order valence-electron chi connectivity index (χ2n) is 3.19. The number of ether oxygens (including phenoxy) is 1. The van der Waals surface area contributed by atoms with Gasteiger partial charge in [-0.2, -0.15) is 0 Å². The molecule has 0 heterocycles. The van der Waals surface area contributed by atoms with Crippen molar-refractivity contribution in [3.63, 3.8) is 0 Å². The van der Waals surface area contributed by atoms with Crippen molar-refractivity contribution in [3.8, 4) is 0 Å². The fourth-order valence-corrected chi connectivity index (χ4v) is 1.26. The first-order valence-electron chi connectivity index (χ1n) is 4.68. The van der Waals surface area contributed by atoms with Crippen molar-refractivity contribution in [2.24, 2.45) is 5.41 Å². The number of carboxylic acids is 2. The van der Waals surface area contributed by atoms with Gasteiger partial charge in [0.25, 0.3) is 0 Å². The van der Waals surface area contributed by atoms with Crippen LogP contribution < -0.4 is 0 Å². The van der Waals surface area contributed by atoms with Crippen LogP contribution in [0.25, 0.3) is 0 Å². The van der Waals surface area contributed by atoms with Crippen LogP contribution in [0.3, 0.4) is 0 Å². The van der Waals surface area contributed by atoms with Crippen molar-refractivity contribution in [3.05, 3.63) is 12.3 Å². The molecule has 0 spiro atoms. The van der Waals surface area contributed by atoms with Crippen molar-refractivity contribution in [1.29, 1.82) is 0 Å². The summed E-state index contributed by atoms with van der Waals surface area (Å²) in [5.41, 5.74) is -1.83. The first kappa shape index (κ1) is 13.5. The molecule has 0 unspecified atom stereocenters. The molecule has 0 rings (SSSR count). The number of carbonyl (C=O) groups is 2. The summed E-state index contributed by atoms with van der Waals surface area (Å²) in [4.78, 5) is 21.9. The van der Waals surface area contributed by atoms with Crippen LogP contribution in [-0.4, -0.2) is 28.8 Å². The third-order valence-corrected chi connectivity index (χ3v) is 2.27. The summed E-state index contributed by atoms with van der Waals surface area (Å²) >= 11 is 0. The molecule has 2 N–H and O–H groups in total. The van der Waals surface area contributed by atoms with Crippen LogP contribution in [0.1, 0.15) is 26.7 Å². The third kappa shape index (κ3) is 2.97. The number of carboxylic acid groups (broad SMARTS) is 2. The van der Waals surface area contributed by atoms with Gasteiger partial charge in [0, 0.05) is 6.42 Å². The largest absolute Gasteiger partial charge is 0.499 e. The van der Waals surface area contributed by atoms with Gasteiger partial charge in [0.05, 0.1) is 12.4 Å². The molecule has 0 saturated heterocycles. The number of aliphatic carboxylic acids is 2. The minimum Gasteiger partial charge on any atom is -0.499 e. The Morgan fingerprint density at radius 1 is 1.27 bits per heavy atom. The summed E-state index contributed by atoms with van der Waals surface area (Å²) in [7, 11) is 0. The van der Waals surface area contributed by atoms with Crippen LogP contribution in [0, 0.1) is 5.41 Å². The zero-order chi connectivity index (χ0) is 12.1. The molecule has 0 atom stereocenters. The Bertz CT molecular complexity index is 255. The van der Waals surface area contributed by atoms with Gasteiger partial charge in [-0.25, -0.2) is 0 Å². The lowest BCUT2D eigenvalue weighted by Crippen LogP contribution is -2.39. The molecule has 0 aromatic rings. The zero-order valence-electron chi connectivity index (χ0n) is 8.95. The quantitative estimate of drug-likeness (QED) is 0.497. The van der Waals surface area contributed by atoms with E-state index in [1.54, 1.807) is 6.92 Å². The summed E-state index contributed by atoms with van der Waals surface area (Å²) in [5, 5.41) is 17.9. The highest BCUT2D eigenvalue weighted by Gasteiger charge is 2.45. The SMILES string of the molecule is C=C(CC(CC)(C(=O)O)C(=O)O)OCC. The van der Waals surface area contributed by atoms with E-state index in [0.29, 0.717) is 6.61 Å². The monoisotopic (exact) mass is 216 g/mol. The number of hydrogen-bond donors (Lipinski definition) is 2. The fourth-order valence-electron chi connectivity index (χ4n) is 1.26. The van der Waals surface area contributed by atoms with E-state index in [0.717, 1.165) is 0 Å². The summed E-state index contributed by atoms with van der Waals surface area (Å²) in [5.74, 6) is -2.54. The lowest BCUT2D eigenvalue weighted by molar-refractivity contribution is -0.165. The molecule has 86 valence electrons. The second-order valence-corrected chi connectivity index (χ2v) is 3.19. The maximum absolute atomic E-state index is 11.0. The van der Waals surface area contributed by atoms with E-state index >= 15 is 0 Å². The van der Waals surface area contributed by atoms with Crippen molar-refractivity contribution >= 4 is 11.9 Å². The average molecular weight is 216 g/mol. The van der Waals surface area contributed by atoms with Crippen LogP contribution in [0.2, 0.25) is 0 Å². The van der Waals surface area contributed by atoms with E-state index in [9.17, 15) is 9.59 Å². The predicted molar refractivity (Wildman–Crippen MR) is 53.4 cm³/mol. The molecule has 0 aliphatic carbocycles. The molecule has 0 radical (unpaired) electrons. The van der Waals surface area contributed by atoms with Crippen LogP contribution in [-0.2, 0) is 14.3 Å². The molecule has 15 heavy (non-hydrogen) atoms. The first-order chi connectivity index (χ1) is 6.90. The molecule has 5 nitrogen and oxygen atoms in total. The Balaban J connectivity index is 4.86. The normalized spacial score (nSPS) is 10.8. The molecule has 0 aliphatic heterocycles. The molecule has 5 heteroatoms.